The molecule has 1 aromatic heterocycles. The number of hydrogen-bond donors (Lipinski definition) is 3. The zero-order valence-electron chi connectivity index (χ0n) is 13.3. The van der Waals surface area contributed by atoms with Crippen LogP contribution in [0, 0.1) is 6.92 Å². The van der Waals surface area contributed by atoms with Crippen molar-refractivity contribution in [3.05, 3.63) is 70.4 Å². The maximum atomic E-state index is 12.3. The average molecular weight is 355 g/mol. The van der Waals surface area contributed by atoms with Gasteiger partial charge in [0.1, 0.15) is 0 Å². The number of nitrogen functional groups attached to an aromatic ring is 1. The van der Waals surface area contributed by atoms with Gasteiger partial charge in [-0.3, -0.25) is 25.4 Å². The molecule has 0 aliphatic carbocycles. The van der Waals surface area contributed by atoms with Gasteiger partial charge in [0.15, 0.2) is 0 Å². The highest BCUT2D eigenvalue weighted by Gasteiger charge is 2.15. The Hall–Kier alpha value is -3.12. The Kier molecular flexibility index (Phi) is 4.54. The Morgan fingerprint density at radius 1 is 1.04 bits per heavy atom. The van der Waals surface area contributed by atoms with Crippen molar-refractivity contribution in [2.45, 2.75) is 6.92 Å². The number of carbonyl (C=O) groups excluding carboxylic acids is 2. The molecule has 0 aliphatic rings. The van der Waals surface area contributed by atoms with Crippen LogP contribution in [0.5, 0.6) is 0 Å². The van der Waals surface area contributed by atoms with Gasteiger partial charge in [-0.05, 0) is 37.3 Å². The molecule has 0 radical (unpaired) electrons. The lowest BCUT2D eigenvalue weighted by Crippen LogP contribution is -2.41. The van der Waals surface area contributed by atoms with E-state index in [0.717, 1.165) is 5.56 Å². The lowest BCUT2D eigenvalue weighted by atomic mass is 10.1. The summed E-state index contributed by atoms with van der Waals surface area (Å²) in [5.41, 5.74) is 13.2. The first-order valence-corrected chi connectivity index (χ1v) is 7.84. The largest absolute Gasteiger partial charge is 0.397 e. The molecule has 0 atom stereocenters. The van der Waals surface area contributed by atoms with Crippen molar-refractivity contribution >= 4 is 40.0 Å². The number of benzene rings is 2. The molecule has 0 saturated heterocycles. The SMILES string of the molecule is Cc1ccc(C(=O)NNC(=O)c2cnc3ccc(Cl)cc3c2N)cc1. The summed E-state index contributed by atoms with van der Waals surface area (Å²) in [7, 11) is 0. The first-order valence-electron chi connectivity index (χ1n) is 7.47. The van der Waals surface area contributed by atoms with Crippen LogP contribution in [0.15, 0.2) is 48.7 Å². The minimum absolute atomic E-state index is 0.152. The molecule has 0 spiro atoms. The van der Waals surface area contributed by atoms with Crippen molar-refractivity contribution < 1.29 is 9.59 Å². The third kappa shape index (κ3) is 3.54. The molecule has 2 amide bonds. The summed E-state index contributed by atoms with van der Waals surface area (Å²) in [5.74, 6) is -0.990. The van der Waals surface area contributed by atoms with Gasteiger partial charge < -0.3 is 5.73 Å². The number of amides is 2. The monoisotopic (exact) mass is 354 g/mol. The van der Waals surface area contributed by atoms with E-state index < -0.39 is 11.8 Å². The second kappa shape index (κ2) is 6.78. The lowest BCUT2D eigenvalue weighted by molar-refractivity contribution is 0.0847. The Balaban J connectivity index is 1.77. The smallest absolute Gasteiger partial charge is 0.273 e. The van der Waals surface area contributed by atoms with E-state index in [1.54, 1.807) is 30.3 Å². The Labute approximate surface area is 149 Å². The second-order valence-electron chi connectivity index (χ2n) is 5.52. The number of fused-ring (bicyclic) bond motifs is 1. The van der Waals surface area contributed by atoms with E-state index >= 15 is 0 Å². The number of nitrogens with zero attached hydrogens (tertiary/aromatic N) is 1. The topological polar surface area (TPSA) is 97.1 Å². The number of hydrazine groups is 1. The first-order chi connectivity index (χ1) is 12.0. The van der Waals surface area contributed by atoms with Gasteiger partial charge in [0, 0.05) is 22.2 Å². The molecule has 4 N–H and O–H groups in total. The number of halogens is 1. The molecular weight excluding hydrogens is 340 g/mol. The van der Waals surface area contributed by atoms with E-state index in [4.69, 9.17) is 17.3 Å². The molecule has 0 saturated carbocycles. The van der Waals surface area contributed by atoms with Crippen LogP contribution in [0.4, 0.5) is 5.69 Å². The number of rotatable bonds is 2. The summed E-state index contributed by atoms with van der Waals surface area (Å²) < 4.78 is 0. The molecule has 0 bridgehead atoms. The molecule has 3 rings (SSSR count). The van der Waals surface area contributed by atoms with E-state index in [0.29, 0.717) is 21.5 Å². The van der Waals surface area contributed by atoms with Crippen LogP contribution in [-0.4, -0.2) is 16.8 Å². The molecule has 0 unspecified atom stereocenters. The molecule has 2 aromatic carbocycles. The van der Waals surface area contributed by atoms with Gasteiger partial charge in [-0.1, -0.05) is 29.3 Å². The Morgan fingerprint density at radius 2 is 1.72 bits per heavy atom. The Morgan fingerprint density at radius 3 is 2.44 bits per heavy atom. The predicted octanol–water partition coefficient (Wildman–Crippen LogP) is 2.85. The lowest BCUT2D eigenvalue weighted by Gasteiger charge is -2.11. The zero-order chi connectivity index (χ0) is 18.0. The first kappa shape index (κ1) is 16.7. The van der Waals surface area contributed by atoms with Crippen LogP contribution in [-0.2, 0) is 0 Å². The van der Waals surface area contributed by atoms with Crippen LogP contribution in [0.25, 0.3) is 10.9 Å². The summed E-state index contributed by atoms with van der Waals surface area (Å²) in [6.07, 6.45) is 1.36. The molecule has 7 heteroatoms. The van der Waals surface area contributed by atoms with Crippen molar-refractivity contribution in [3.8, 4) is 0 Å². The summed E-state index contributed by atoms with van der Waals surface area (Å²) in [4.78, 5) is 28.5. The van der Waals surface area contributed by atoms with Crippen molar-refractivity contribution in [1.29, 1.82) is 0 Å². The van der Waals surface area contributed by atoms with Gasteiger partial charge in [0.2, 0.25) is 0 Å². The number of aromatic nitrogens is 1. The van der Waals surface area contributed by atoms with Gasteiger partial charge in [-0.15, -0.1) is 0 Å². The van der Waals surface area contributed by atoms with Crippen LogP contribution >= 0.6 is 11.6 Å². The quantitative estimate of drug-likeness (QED) is 0.616. The maximum Gasteiger partial charge on any atom is 0.273 e. The standard InChI is InChI=1S/C18H15ClN4O2/c1-10-2-4-11(5-3-10)17(24)22-23-18(25)14-9-21-15-7-6-12(19)8-13(15)16(14)20/h2-9H,1H3,(H2,20,21)(H,22,24)(H,23,25). The van der Waals surface area contributed by atoms with Gasteiger partial charge >= 0.3 is 0 Å². The van der Waals surface area contributed by atoms with E-state index in [1.807, 2.05) is 19.1 Å². The number of nitrogens with one attached hydrogen (secondary N) is 2. The molecule has 126 valence electrons. The van der Waals surface area contributed by atoms with E-state index in [1.165, 1.54) is 6.20 Å². The predicted molar refractivity (Wildman–Crippen MR) is 97.3 cm³/mol. The van der Waals surface area contributed by atoms with Crippen LogP contribution in [0.1, 0.15) is 26.3 Å². The molecule has 0 aliphatic heterocycles. The number of aryl methyl sites for hydroxylation is 1. The summed E-state index contributed by atoms with van der Waals surface area (Å²) >= 11 is 5.96. The van der Waals surface area contributed by atoms with Gasteiger partial charge in [-0.25, -0.2) is 0 Å². The number of carbonyl (C=O) groups is 2. The number of hydrogen-bond acceptors (Lipinski definition) is 4. The van der Waals surface area contributed by atoms with Crippen LogP contribution in [0.3, 0.4) is 0 Å². The van der Waals surface area contributed by atoms with Crippen LogP contribution < -0.4 is 16.6 Å². The summed E-state index contributed by atoms with van der Waals surface area (Å²) in [5, 5.41) is 1.07. The minimum Gasteiger partial charge on any atom is -0.397 e. The summed E-state index contributed by atoms with van der Waals surface area (Å²) in [6, 6.07) is 12.0. The molecule has 25 heavy (non-hydrogen) atoms. The molecule has 0 fully saturated rings. The maximum absolute atomic E-state index is 12.3. The van der Waals surface area contributed by atoms with Gasteiger partial charge in [0.05, 0.1) is 16.8 Å². The number of anilines is 1. The Bertz CT molecular complexity index is 971. The zero-order valence-corrected chi connectivity index (χ0v) is 14.1. The molecule has 6 nitrogen and oxygen atoms in total. The van der Waals surface area contributed by atoms with Crippen molar-refractivity contribution in [3.63, 3.8) is 0 Å². The average Bonchev–Trinajstić information content (AvgIpc) is 2.61. The summed E-state index contributed by atoms with van der Waals surface area (Å²) in [6.45, 7) is 1.92. The minimum atomic E-state index is -0.563. The van der Waals surface area contributed by atoms with Crippen molar-refractivity contribution in [1.82, 2.24) is 15.8 Å². The van der Waals surface area contributed by atoms with Crippen LogP contribution in [0.2, 0.25) is 5.02 Å². The third-order valence-electron chi connectivity index (χ3n) is 3.72. The highest BCUT2D eigenvalue weighted by Crippen LogP contribution is 2.25. The normalized spacial score (nSPS) is 10.5. The van der Waals surface area contributed by atoms with E-state index in [9.17, 15) is 9.59 Å². The number of nitrogens with two attached hydrogens (primary N) is 1. The van der Waals surface area contributed by atoms with E-state index in [-0.39, 0.29) is 11.3 Å². The fraction of sp³-hybridized carbons (Fsp3) is 0.0556. The highest BCUT2D eigenvalue weighted by atomic mass is 35.5. The van der Waals surface area contributed by atoms with Gasteiger partial charge in [0.25, 0.3) is 11.8 Å². The van der Waals surface area contributed by atoms with Gasteiger partial charge in [-0.2, -0.15) is 0 Å². The molecular formula is C18H15ClN4O2. The highest BCUT2D eigenvalue weighted by molar-refractivity contribution is 6.31. The van der Waals surface area contributed by atoms with Crippen molar-refractivity contribution in [2.75, 3.05) is 5.73 Å². The van der Waals surface area contributed by atoms with Crippen molar-refractivity contribution in [2.24, 2.45) is 0 Å². The van der Waals surface area contributed by atoms with E-state index in [2.05, 4.69) is 15.8 Å². The fourth-order valence-corrected chi connectivity index (χ4v) is 2.50. The molecule has 3 aromatic rings. The fourth-order valence-electron chi connectivity index (χ4n) is 2.32. The number of pyridine rings is 1. The second-order valence-corrected chi connectivity index (χ2v) is 5.96. The third-order valence-corrected chi connectivity index (χ3v) is 3.95. The molecule has 1 heterocycles.